The second kappa shape index (κ2) is 7.18. The van der Waals surface area contributed by atoms with Crippen molar-refractivity contribution >= 4 is 6.16 Å². The number of ether oxygens (including phenoxy) is 2. The van der Waals surface area contributed by atoms with Crippen LogP contribution in [0.25, 0.3) is 0 Å². The number of rotatable bonds is 6. The fourth-order valence-electron chi connectivity index (χ4n) is 0.871. The second-order valence-corrected chi connectivity index (χ2v) is 2.85. The van der Waals surface area contributed by atoms with Gasteiger partial charge in [0.2, 0.25) is 0 Å². The summed E-state index contributed by atoms with van der Waals surface area (Å²) < 4.78 is 9.91. The first kappa shape index (κ1) is 12.8. The van der Waals surface area contributed by atoms with E-state index in [2.05, 4.69) is 13.2 Å². The van der Waals surface area contributed by atoms with E-state index in [1.165, 1.54) is 0 Å². The van der Waals surface area contributed by atoms with E-state index in [9.17, 15) is 4.79 Å². The maximum absolute atomic E-state index is 11.2. The van der Waals surface area contributed by atoms with E-state index in [1.807, 2.05) is 13.8 Å². The Hall–Kier alpha value is -1.25. The van der Waals surface area contributed by atoms with Crippen LogP contribution in [0.15, 0.2) is 25.3 Å². The molecule has 14 heavy (non-hydrogen) atoms. The van der Waals surface area contributed by atoms with E-state index in [0.717, 1.165) is 0 Å². The summed E-state index contributed by atoms with van der Waals surface area (Å²) in [6.07, 6.45) is 3.34. The average molecular weight is 198 g/mol. The standard InChI is InChI=1S/C11H18O3/c1-5-9(6-2)13-11(12)14-10(7-3)8-4/h5,7,9-10H,1,3,6,8H2,2,4H3. The van der Waals surface area contributed by atoms with Gasteiger partial charge >= 0.3 is 6.16 Å². The molecule has 0 amide bonds. The molecule has 2 unspecified atom stereocenters. The van der Waals surface area contributed by atoms with Gasteiger partial charge in [0.25, 0.3) is 0 Å². The molecule has 80 valence electrons. The summed E-state index contributed by atoms with van der Waals surface area (Å²) in [5, 5.41) is 0. The van der Waals surface area contributed by atoms with Crippen molar-refractivity contribution in [1.29, 1.82) is 0 Å². The summed E-state index contributed by atoms with van der Waals surface area (Å²) >= 11 is 0. The van der Waals surface area contributed by atoms with Gasteiger partial charge in [0.05, 0.1) is 0 Å². The summed E-state index contributed by atoms with van der Waals surface area (Å²) in [7, 11) is 0. The minimum absolute atomic E-state index is 0.273. The van der Waals surface area contributed by atoms with E-state index >= 15 is 0 Å². The fourth-order valence-corrected chi connectivity index (χ4v) is 0.871. The lowest BCUT2D eigenvalue weighted by atomic mass is 10.3. The van der Waals surface area contributed by atoms with Gasteiger partial charge < -0.3 is 9.47 Å². The largest absolute Gasteiger partial charge is 0.509 e. The first-order valence-corrected chi connectivity index (χ1v) is 4.80. The van der Waals surface area contributed by atoms with Crippen LogP contribution in [0.3, 0.4) is 0 Å². The van der Waals surface area contributed by atoms with Crippen LogP contribution in [-0.2, 0) is 9.47 Å². The molecule has 3 nitrogen and oxygen atoms in total. The minimum atomic E-state index is -0.663. The molecule has 2 atom stereocenters. The predicted molar refractivity (Wildman–Crippen MR) is 56.1 cm³/mol. The van der Waals surface area contributed by atoms with Crippen molar-refractivity contribution in [2.75, 3.05) is 0 Å². The summed E-state index contributed by atoms with van der Waals surface area (Å²) in [6, 6.07) is 0. The molecular formula is C11H18O3. The lowest BCUT2D eigenvalue weighted by molar-refractivity contribution is 0.0199. The molecule has 0 aliphatic rings. The maximum atomic E-state index is 11.2. The van der Waals surface area contributed by atoms with Crippen molar-refractivity contribution in [3.8, 4) is 0 Å². The first-order valence-electron chi connectivity index (χ1n) is 4.80. The van der Waals surface area contributed by atoms with Crippen LogP contribution in [0.4, 0.5) is 4.79 Å². The van der Waals surface area contributed by atoms with E-state index < -0.39 is 6.16 Å². The van der Waals surface area contributed by atoms with Gasteiger partial charge in [0.15, 0.2) is 0 Å². The Morgan fingerprint density at radius 2 is 1.50 bits per heavy atom. The normalized spacial score (nSPS) is 13.9. The molecular weight excluding hydrogens is 180 g/mol. The van der Waals surface area contributed by atoms with Crippen molar-refractivity contribution in [3.63, 3.8) is 0 Å². The third-order valence-electron chi connectivity index (χ3n) is 1.83. The molecule has 0 saturated heterocycles. The van der Waals surface area contributed by atoms with Gasteiger partial charge in [0, 0.05) is 0 Å². The number of carbonyl (C=O) groups excluding carboxylic acids is 1. The lowest BCUT2D eigenvalue weighted by Gasteiger charge is -2.15. The van der Waals surface area contributed by atoms with Gasteiger partial charge in [-0.25, -0.2) is 4.79 Å². The minimum Gasteiger partial charge on any atom is -0.427 e. The highest BCUT2D eigenvalue weighted by atomic mass is 16.7. The van der Waals surface area contributed by atoms with Crippen LogP contribution in [0.5, 0.6) is 0 Å². The van der Waals surface area contributed by atoms with Crippen molar-refractivity contribution in [2.45, 2.75) is 38.9 Å². The van der Waals surface area contributed by atoms with Gasteiger partial charge in [-0.3, -0.25) is 0 Å². The molecule has 0 N–H and O–H groups in total. The SMILES string of the molecule is C=CC(CC)OC(=O)OC(C=C)CC. The highest BCUT2D eigenvalue weighted by molar-refractivity contribution is 5.60. The van der Waals surface area contributed by atoms with Gasteiger partial charge in [-0.15, -0.1) is 0 Å². The summed E-state index contributed by atoms with van der Waals surface area (Å²) in [5.74, 6) is 0. The number of hydrogen-bond acceptors (Lipinski definition) is 3. The van der Waals surface area contributed by atoms with Crippen LogP contribution in [0.2, 0.25) is 0 Å². The monoisotopic (exact) mass is 198 g/mol. The van der Waals surface area contributed by atoms with Crippen LogP contribution in [0, 0.1) is 0 Å². The second-order valence-electron chi connectivity index (χ2n) is 2.85. The lowest BCUT2D eigenvalue weighted by Crippen LogP contribution is -2.20. The van der Waals surface area contributed by atoms with Crippen LogP contribution >= 0.6 is 0 Å². The van der Waals surface area contributed by atoms with Gasteiger partial charge in [0.1, 0.15) is 12.2 Å². The Morgan fingerprint density at radius 3 is 1.71 bits per heavy atom. The Morgan fingerprint density at radius 1 is 1.14 bits per heavy atom. The topological polar surface area (TPSA) is 35.5 Å². The van der Waals surface area contributed by atoms with E-state index in [0.29, 0.717) is 12.8 Å². The van der Waals surface area contributed by atoms with Crippen molar-refractivity contribution < 1.29 is 14.3 Å². The molecule has 0 heterocycles. The highest BCUT2D eigenvalue weighted by Gasteiger charge is 2.13. The Labute approximate surface area is 85.4 Å². The molecule has 0 aromatic heterocycles. The quantitative estimate of drug-likeness (QED) is 0.486. The molecule has 0 aliphatic heterocycles. The summed E-state index contributed by atoms with van der Waals surface area (Å²) in [4.78, 5) is 11.2. The Balaban J connectivity index is 3.95. The zero-order valence-corrected chi connectivity index (χ0v) is 8.86. The maximum Gasteiger partial charge on any atom is 0.509 e. The molecule has 0 bridgehead atoms. The van der Waals surface area contributed by atoms with Crippen LogP contribution in [-0.4, -0.2) is 18.4 Å². The zero-order valence-electron chi connectivity index (χ0n) is 8.86. The molecule has 0 saturated carbocycles. The van der Waals surface area contributed by atoms with Gasteiger partial charge in [-0.2, -0.15) is 0 Å². The molecule has 0 aliphatic carbocycles. The Kier molecular flexibility index (Phi) is 6.54. The number of hydrogen-bond donors (Lipinski definition) is 0. The highest BCUT2D eigenvalue weighted by Crippen LogP contribution is 2.05. The molecule has 0 aromatic carbocycles. The van der Waals surface area contributed by atoms with Crippen molar-refractivity contribution in [2.24, 2.45) is 0 Å². The molecule has 0 aromatic rings. The molecule has 0 radical (unpaired) electrons. The van der Waals surface area contributed by atoms with Crippen LogP contribution < -0.4 is 0 Å². The molecule has 3 heteroatoms. The smallest absolute Gasteiger partial charge is 0.427 e. The van der Waals surface area contributed by atoms with E-state index in [1.54, 1.807) is 12.2 Å². The molecule has 0 rings (SSSR count). The van der Waals surface area contributed by atoms with Gasteiger partial charge in [-0.1, -0.05) is 39.2 Å². The average Bonchev–Trinajstić information content (AvgIpc) is 2.22. The Bertz CT molecular complexity index is 179. The summed E-state index contributed by atoms with van der Waals surface area (Å²) in [5.41, 5.74) is 0. The first-order chi connectivity index (χ1) is 6.67. The third-order valence-corrected chi connectivity index (χ3v) is 1.83. The molecule has 0 spiro atoms. The van der Waals surface area contributed by atoms with Gasteiger partial charge in [-0.05, 0) is 12.8 Å². The third kappa shape index (κ3) is 4.70. The zero-order chi connectivity index (χ0) is 11.0. The fraction of sp³-hybridized carbons (Fsp3) is 0.545. The predicted octanol–water partition coefficient (Wildman–Crippen LogP) is 3.07. The summed E-state index contributed by atoms with van der Waals surface area (Å²) in [6.45, 7) is 10.9. The number of carbonyl (C=O) groups is 1. The molecule has 0 fully saturated rings. The van der Waals surface area contributed by atoms with E-state index in [-0.39, 0.29) is 12.2 Å². The van der Waals surface area contributed by atoms with Crippen molar-refractivity contribution in [1.82, 2.24) is 0 Å². The van der Waals surface area contributed by atoms with E-state index in [4.69, 9.17) is 9.47 Å². The van der Waals surface area contributed by atoms with Crippen LogP contribution in [0.1, 0.15) is 26.7 Å². The van der Waals surface area contributed by atoms with Crippen molar-refractivity contribution in [3.05, 3.63) is 25.3 Å².